The van der Waals surface area contributed by atoms with Crippen LogP contribution in [-0.4, -0.2) is 62.0 Å². The van der Waals surface area contributed by atoms with Crippen LogP contribution in [0.5, 0.6) is 0 Å². The van der Waals surface area contributed by atoms with Gasteiger partial charge in [0.1, 0.15) is 0 Å². The first-order valence-corrected chi connectivity index (χ1v) is 17.6. The largest absolute Gasteiger partial charge is 0.745 e. The molecule has 0 radical (unpaired) electrons. The highest BCUT2D eigenvalue weighted by molar-refractivity contribution is 8.05. The van der Waals surface area contributed by atoms with Crippen LogP contribution in [0.3, 0.4) is 0 Å². The summed E-state index contributed by atoms with van der Waals surface area (Å²) in [5, 5.41) is 0. The summed E-state index contributed by atoms with van der Waals surface area (Å²) >= 11 is 0.677. The van der Waals surface area contributed by atoms with Gasteiger partial charge < -0.3 is 9.11 Å². The standard InChI is InChI=1S/2C8H18I.C4H2F8O6S2/c2*1-7(2,3)9-8(4,5)6;5-1(6,3(9,10)11)2(7,8)4(12,19(13,14)15)20(16,17)18/h2*1-6H3;(H,13,14,15)(H,16,17,18)/q2*+1;/p-2. The van der Waals surface area contributed by atoms with Crippen LogP contribution in [0.1, 0.15) is 83.1 Å². The van der Waals surface area contributed by atoms with Gasteiger partial charge in [0, 0.05) is 0 Å². The summed E-state index contributed by atoms with van der Waals surface area (Å²) in [5.41, 5.74) is 0. The number of halogens is 10. The smallest absolute Gasteiger partial charge is 0.460 e. The van der Waals surface area contributed by atoms with Crippen LogP contribution in [0.2, 0.25) is 0 Å². The number of hydrogen-bond donors (Lipinski definition) is 0. The molecule has 0 aromatic heterocycles. The molecule has 0 aliphatic carbocycles. The van der Waals surface area contributed by atoms with Gasteiger partial charge in [0.2, 0.25) is 0 Å². The van der Waals surface area contributed by atoms with Crippen molar-refractivity contribution in [2.45, 2.75) is 119 Å². The van der Waals surface area contributed by atoms with Crippen molar-refractivity contribution in [2.24, 2.45) is 0 Å². The van der Waals surface area contributed by atoms with Gasteiger partial charge in [-0.15, -0.1) is 0 Å². The Bertz CT molecular complexity index is 889. The Morgan fingerprint density at radius 3 is 0.711 bits per heavy atom. The van der Waals surface area contributed by atoms with Gasteiger partial charge in [-0.2, -0.15) is 30.7 Å². The Morgan fingerprint density at radius 2 is 0.632 bits per heavy atom. The molecule has 0 fully saturated rings. The van der Waals surface area contributed by atoms with E-state index in [1.807, 2.05) is 0 Å². The highest BCUT2D eigenvalue weighted by atomic mass is 127. The van der Waals surface area contributed by atoms with Crippen LogP contribution in [0.15, 0.2) is 0 Å². The van der Waals surface area contributed by atoms with Gasteiger partial charge in [-0.25, -0.2) is 21.2 Å². The SMILES string of the molecule is CC(C)(C)[I+]C(C)(C)C.CC(C)(C)[I+]C(C)(C)C.O=S(=O)([O-])C(F)(C(F)(F)C(F)(F)C(F)(F)F)S(=O)(=O)[O-]. The first kappa shape index (κ1) is 43.2. The van der Waals surface area contributed by atoms with Gasteiger partial charge >= 0.3 is 22.4 Å². The predicted molar refractivity (Wildman–Crippen MR) is 118 cm³/mol. The van der Waals surface area contributed by atoms with Crippen LogP contribution >= 0.6 is 0 Å². The van der Waals surface area contributed by atoms with Crippen LogP contribution < -0.4 is 42.4 Å². The summed E-state index contributed by atoms with van der Waals surface area (Å²) in [7, 11) is -15.5. The van der Waals surface area contributed by atoms with Crippen LogP contribution in [-0.2, 0) is 20.2 Å². The highest BCUT2D eigenvalue weighted by Gasteiger charge is 2.85. The summed E-state index contributed by atoms with van der Waals surface area (Å²) < 4.78 is 153. The molecule has 234 valence electrons. The molecule has 0 aliphatic rings. The maximum absolute atomic E-state index is 13.1. The molecule has 0 saturated carbocycles. The van der Waals surface area contributed by atoms with E-state index in [0.717, 1.165) is 0 Å². The molecule has 0 spiro atoms. The lowest BCUT2D eigenvalue weighted by Gasteiger charge is -2.40. The summed E-state index contributed by atoms with van der Waals surface area (Å²) in [6.07, 6.45) is -7.36. The molecule has 0 aromatic carbocycles. The number of hydrogen-bond acceptors (Lipinski definition) is 6. The molecule has 0 unspecified atom stereocenters. The first-order chi connectivity index (χ1) is 15.7. The van der Waals surface area contributed by atoms with Gasteiger partial charge in [-0.3, -0.25) is 0 Å². The van der Waals surface area contributed by atoms with Crippen molar-refractivity contribution in [3.8, 4) is 0 Å². The fraction of sp³-hybridized carbons (Fsp3) is 1.00. The quantitative estimate of drug-likeness (QED) is 0.169. The minimum atomic E-state index is -7.77. The molecule has 0 aliphatic heterocycles. The molecule has 38 heavy (non-hydrogen) atoms. The van der Waals surface area contributed by atoms with E-state index in [1.54, 1.807) is 0 Å². The molecular weight excluding hydrogens is 806 g/mol. The molecule has 0 heterocycles. The van der Waals surface area contributed by atoms with E-state index in [0.29, 0.717) is 56.1 Å². The lowest BCUT2D eigenvalue weighted by Crippen LogP contribution is -3.72. The zero-order valence-electron chi connectivity index (χ0n) is 23.0. The molecule has 0 atom stereocenters. The van der Waals surface area contributed by atoms with Crippen LogP contribution in [0, 0.1) is 0 Å². The molecule has 0 aromatic rings. The lowest BCUT2D eigenvalue weighted by molar-refractivity contribution is -0.772. The maximum Gasteiger partial charge on any atom is 0.460 e. The van der Waals surface area contributed by atoms with E-state index < -0.39 is 42.6 Å². The molecular formula is C20H36F8I2O6S2. The van der Waals surface area contributed by atoms with E-state index in [2.05, 4.69) is 83.1 Å². The normalized spacial score (nSPS) is 15.2. The fourth-order valence-electron chi connectivity index (χ4n) is 2.51. The Kier molecular flexibility index (Phi) is 14.7. The first-order valence-electron chi connectivity index (χ1n) is 10.4. The van der Waals surface area contributed by atoms with E-state index in [1.165, 1.54) is 0 Å². The molecule has 0 N–H and O–H groups in total. The lowest BCUT2D eigenvalue weighted by atomic mass is 10.2. The van der Waals surface area contributed by atoms with Gasteiger partial charge in [0.15, 0.2) is 33.9 Å². The third-order valence-electron chi connectivity index (χ3n) is 2.90. The van der Waals surface area contributed by atoms with Gasteiger partial charge in [0.05, 0.1) is 0 Å². The minimum Gasteiger partial charge on any atom is -0.745 e. The second kappa shape index (κ2) is 12.9. The molecule has 18 heteroatoms. The van der Waals surface area contributed by atoms with Crippen molar-refractivity contribution >= 4 is 20.2 Å². The Morgan fingerprint density at radius 1 is 0.447 bits per heavy atom. The average molecular weight is 842 g/mol. The van der Waals surface area contributed by atoms with Gasteiger partial charge in [-0.05, 0) is 83.1 Å². The summed E-state index contributed by atoms with van der Waals surface area (Å²) in [4.78, 5) is 0. The highest BCUT2D eigenvalue weighted by Crippen LogP contribution is 2.55. The van der Waals surface area contributed by atoms with Crippen molar-refractivity contribution in [3.63, 3.8) is 0 Å². The summed E-state index contributed by atoms with van der Waals surface area (Å²) in [6.45, 7) is 28.1. The maximum atomic E-state index is 13.1. The zero-order valence-corrected chi connectivity index (χ0v) is 29.0. The van der Waals surface area contributed by atoms with Gasteiger partial charge in [-0.1, -0.05) is 0 Å². The second-order valence-corrected chi connectivity index (χ2v) is 28.8. The Hall–Kier alpha value is 0.720. The number of alkyl halides is 12. The Balaban J connectivity index is -0.000000563. The Labute approximate surface area is 241 Å². The van der Waals surface area contributed by atoms with Gasteiger partial charge in [0.25, 0.3) is 42.4 Å². The molecule has 6 nitrogen and oxygen atoms in total. The van der Waals surface area contributed by atoms with Crippen molar-refractivity contribution in [3.05, 3.63) is 0 Å². The third kappa shape index (κ3) is 14.1. The number of rotatable bonds is 4. The molecule has 0 rings (SSSR count). The van der Waals surface area contributed by atoms with E-state index in [9.17, 15) is 61.1 Å². The molecule has 0 amide bonds. The summed E-state index contributed by atoms with van der Waals surface area (Å²) in [6, 6.07) is 0. The second-order valence-electron chi connectivity index (χ2n) is 11.5. The van der Waals surface area contributed by atoms with Crippen molar-refractivity contribution in [1.29, 1.82) is 0 Å². The predicted octanol–water partition coefficient (Wildman–Crippen LogP) is -0.122. The minimum absolute atomic E-state index is 0.338. The average Bonchev–Trinajstić information content (AvgIpc) is 2.43. The molecule has 0 bridgehead atoms. The summed E-state index contributed by atoms with van der Waals surface area (Å²) in [5.74, 6) is -15.4. The van der Waals surface area contributed by atoms with Crippen LogP contribution in [0.4, 0.5) is 35.1 Å². The van der Waals surface area contributed by atoms with Crippen molar-refractivity contribution in [1.82, 2.24) is 0 Å². The van der Waals surface area contributed by atoms with E-state index >= 15 is 0 Å². The molecule has 0 saturated heterocycles. The van der Waals surface area contributed by atoms with Crippen LogP contribution in [0.25, 0.3) is 0 Å². The topological polar surface area (TPSA) is 114 Å². The van der Waals surface area contributed by atoms with Crippen molar-refractivity contribution < 1.29 is 103 Å². The van der Waals surface area contributed by atoms with Crippen molar-refractivity contribution in [2.75, 3.05) is 0 Å². The van der Waals surface area contributed by atoms with E-state index in [4.69, 9.17) is 0 Å². The van der Waals surface area contributed by atoms with E-state index in [-0.39, 0.29) is 0 Å². The monoisotopic (exact) mass is 842 g/mol. The third-order valence-corrected chi connectivity index (χ3v) is 12.4. The zero-order chi connectivity index (χ0) is 32.4. The fourth-order valence-corrected chi connectivity index (χ4v) is 14.1.